The van der Waals surface area contributed by atoms with Gasteiger partial charge in [-0.3, -0.25) is 32.5 Å². The summed E-state index contributed by atoms with van der Waals surface area (Å²) in [5, 5.41) is 33.6. The minimum absolute atomic E-state index is 0.0310. The van der Waals surface area contributed by atoms with Gasteiger partial charge in [0.05, 0.1) is 19.5 Å². The number of nitrogens with one attached hydrogen (secondary N) is 2. The summed E-state index contributed by atoms with van der Waals surface area (Å²) in [6.45, 7) is 3.83. The number of hydrogen-bond donors (Lipinski definition) is 10. The number of nitrogen functional groups attached to an aromatic ring is 1. The summed E-state index contributed by atoms with van der Waals surface area (Å²) >= 11 is 1.03. The third-order valence-electron chi connectivity index (χ3n) is 6.81. The highest BCUT2D eigenvalue weighted by atomic mass is 32.2. The van der Waals surface area contributed by atoms with Crippen LogP contribution < -0.4 is 16.4 Å². The predicted octanol–water partition coefficient (Wildman–Crippen LogP) is -1.32. The summed E-state index contributed by atoms with van der Waals surface area (Å²) in [6, 6.07) is 0. The number of imidazole rings is 1. The third-order valence-corrected chi connectivity index (χ3v) is 10.7. The van der Waals surface area contributed by atoms with Gasteiger partial charge in [-0.25, -0.2) is 28.6 Å². The average Bonchev–Trinajstić information content (AvgIpc) is 3.61. The number of aliphatic hydroxyl groups excluding tert-OH is 3. The highest BCUT2D eigenvalue weighted by molar-refractivity contribution is 8.13. The van der Waals surface area contributed by atoms with Gasteiger partial charge in [0, 0.05) is 44.2 Å². The molecule has 2 aromatic heterocycles. The minimum Gasteiger partial charge on any atom is -0.397 e. The molecule has 2 aromatic rings. The molecule has 1 fully saturated rings. The molecule has 1 aliphatic heterocycles. The summed E-state index contributed by atoms with van der Waals surface area (Å²) in [4.78, 5) is 85.9. The number of nitrogens with zero attached hydrogens (tertiary/aromatic N) is 4. The number of phosphoric ester groups is 3. The molecule has 29 heteroatoms. The fraction of sp³-hybridized carbons (Fsp3) is 0.680. The van der Waals surface area contributed by atoms with Crippen molar-refractivity contribution in [1.82, 2.24) is 30.2 Å². The van der Waals surface area contributed by atoms with E-state index in [1.807, 2.05) is 0 Å². The lowest BCUT2D eigenvalue weighted by Gasteiger charge is -2.30. The molecule has 0 aliphatic carbocycles. The van der Waals surface area contributed by atoms with E-state index in [1.165, 1.54) is 20.8 Å². The monoisotopic (exact) mass is 855 g/mol. The Morgan fingerprint density at radius 2 is 1.70 bits per heavy atom. The standard InChI is InChI=1S/C23H38N7O17P3S.C2H6O/c1-12(31)51-7-6-25-14(32)4-5-26-21(35)18(34)23(2,3)9-44-50(41,42)47-49(39,40)43-8-13-17(46-48(36,37)38)16(33)22(45-13)30-11-29-15-19(24)27-10-28-20(15)30;1-2-3/h10-11,13,16-18,22,33-34H,4-9H2,1-3H3,(H,25,32)(H,26,35)(H,39,40)(H,41,42)(H2,24,27,28)(H2,36,37,38);3H,2H2,1H3/t13-,16-,17-,18?,22-;/m1./s1. The van der Waals surface area contributed by atoms with E-state index in [1.54, 1.807) is 6.92 Å². The number of aliphatic hydroxyl groups is 3. The van der Waals surface area contributed by atoms with E-state index in [-0.39, 0.29) is 48.2 Å². The summed E-state index contributed by atoms with van der Waals surface area (Å²) in [6.07, 6.45) is -6.88. The van der Waals surface area contributed by atoms with Crippen LogP contribution in [0.2, 0.25) is 0 Å². The minimum atomic E-state index is -5.56. The van der Waals surface area contributed by atoms with Crippen LogP contribution in [-0.4, -0.2) is 134 Å². The Bertz CT molecular complexity index is 1730. The zero-order valence-electron chi connectivity index (χ0n) is 29.2. The number of aromatic nitrogens is 4. The van der Waals surface area contributed by atoms with Crippen molar-refractivity contribution in [2.45, 2.75) is 64.8 Å². The van der Waals surface area contributed by atoms with Crippen LogP contribution in [-0.2, 0) is 50.7 Å². The molecule has 308 valence electrons. The molecule has 3 heterocycles. The first-order valence-corrected chi connectivity index (χ1v) is 21.1. The summed E-state index contributed by atoms with van der Waals surface area (Å²) in [5.41, 5.74) is 4.26. The van der Waals surface area contributed by atoms with Crippen molar-refractivity contribution in [3.8, 4) is 0 Å². The highest BCUT2D eigenvalue weighted by Crippen LogP contribution is 2.61. The summed E-state index contributed by atoms with van der Waals surface area (Å²) in [5.74, 6) is -1.08. The van der Waals surface area contributed by atoms with Crippen molar-refractivity contribution in [2.75, 3.05) is 44.4 Å². The van der Waals surface area contributed by atoms with Crippen molar-refractivity contribution in [3.05, 3.63) is 12.7 Å². The van der Waals surface area contributed by atoms with Crippen molar-refractivity contribution < 1.29 is 85.6 Å². The largest absolute Gasteiger partial charge is 0.481 e. The van der Waals surface area contributed by atoms with Gasteiger partial charge in [0.25, 0.3) is 0 Å². The molecule has 0 spiro atoms. The van der Waals surface area contributed by atoms with Crippen LogP contribution in [0, 0.1) is 5.41 Å². The van der Waals surface area contributed by atoms with E-state index in [2.05, 4.69) is 34.4 Å². The Morgan fingerprint density at radius 3 is 2.31 bits per heavy atom. The van der Waals surface area contributed by atoms with Crippen LogP contribution in [0.25, 0.3) is 11.2 Å². The van der Waals surface area contributed by atoms with E-state index in [0.717, 1.165) is 29.0 Å². The molecular weight excluding hydrogens is 811 g/mol. The van der Waals surface area contributed by atoms with E-state index in [0.29, 0.717) is 5.75 Å². The molecule has 3 unspecified atom stereocenters. The molecule has 2 amide bonds. The molecule has 3 rings (SSSR count). The zero-order chi connectivity index (χ0) is 41.1. The van der Waals surface area contributed by atoms with Gasteiger partial charge in [0.2, 0.25) is 11.8 Å². The number of ether oxygens (including phenoxy) is 1. The number of carbonyl (C=O) groups is 3. The van der Waals surface area contributed by atoms with Gasteiger partial charge in [0.15, 0.2) is 22.8 Å². The van der Waals surface area contributed by atoms with E-state index >= 15 is 0 Å². The molecule has 7 atom stereocenters. The number of nitrogens with two attached hydrogens (primary N) is 1. The van der Waals surface area contributed by atoms with Gasteiger partial charge < -0.3 is 56.0 Å². The molecule has 1 aliphatic rings. The number of fused-ring (bicyclic) bond motifs is 1. The average molecular weight is 856 g/mol. The van der Waals surface area contributed by atoms with Gasteiger partial charge >= 0.3 is 23.5 Å². The number of rotatable bonds is 19. The van der Waals surface area contributed by atoms with Crippen molar-refractivity contribution in [2.24, 2.45) is 5.41 Å². The predicted molar refractivity (Wildman–Crippen MR) is 186 cm³/mol. The van der Waals surface area contributed by atoms with Gasteiger partial charge in [0.1, 0.15) is 36.3 Å². The maximum absolute atomic E-state index is 12.6. The van der Waals surface area contributed by atoms with Crippen LogP contribution in [0.3, 0.4) is 0 Å². The second-order valence-electron chi connectivity index (χ2n) is 11.7. The Labute approximate surface area is 311 Å². The van der Waals surface area contributed by atoms with Crippen LogP contribution in [0.4, 0.5) is 5.82 Å². The quantitative estimate of drug-likeness (QED) is 0.0579. The van der Waals surface area contributed by atoms with Crippen molar-refractivity contribution in [3.63, 3.8) is 0 Å². The van der Waals surface area contributed by atoms with Gasteiger partial charge in [-0.15, -0.1) is 0 Å². The molecule has 25 nitrogen and oxygen atoms in total. The molecule has 11 N–H and O–H groups in total. The van der Waals surface area contributed by atoms with Gasteiger partial charge in [-0.05, 0) is 6.92 Å². The fourth-order valence-electron chi connectivity index (χ4n) is 4.32. The maximum Gasteiger partial charge on any atom is 0.481 e. The highest BCUT2D eigenvalue weighted by Gasteiger charge is 2.50. The second-order valence-corrected chi connectivity index (χ2v) is 17.2. The Hall–Kier alpha value is -2.48. The van der Waals surface area contributed by atoms with Gasteiger partial charge in [-0.1, -0.05) is 25.6 Å². The maximum atomic E-state index is 12.6. The summed E-state index contributed by atoms with van der Waals surface area (Å²) < 4.78 is 61.8. The first kappa shape index (κ1) is 47.7. The zero-order valence-corrected chi connectivity index (χ0v) is 32.7. The lowest BCUT2D eigenvalue weighted by Crippen LogP contribution is -2.46. The molecule has 1 saturated heterocycles. The third kappa shape index (κ3) is 15.2. The van der Waals surface area contributed by atoms with Gasteiger partial charge in [-0.2, -0.15) is 4.31 Å². The first-order chi connectivity index (χ1) is 24.9. The Morgan fingerprint density at radius 1 is 1.07 bits per heavy atom. The number of anilines is 1. The van der Waals surface area contributed by atoms with Crippen molar-refractivity contribution in [1.29, 1.82) is 0 Å². The van der Waals surface area contributed by atoms with Crippen LogP contribution in [0.1, 0.15) is 40.3 Å². The van der Waals surface area contributed by atoms with Crippen molar-refractivity contribution >= 4 is 69.1 Å². The smallest absolute Gasteiger partial charge is 0.397 e. The van der Waals surface area contributed by atoms with Crippen LogP contribution in [0.5, 0.6) is 0 Å². The lowest BCUT2D eigenvalue weighted by atomic mass is 9.87. The molecule has 54 heavy (non-hydrogen) atoms. The topological polar surface area (TPSA) is 384 Å². The van der Waals surface area contributed by atoms with E-state index in [4.69, 9.17) is 24.6 Å². The number of carbonyl (C=O) groups excluding carboxylic acids is 3. The Balaban J connectivity index is 0.00000325. The number of phosphoric acid groups is 3. The molecule has 0 bridgehead atoms. The van der Waals surface area contributed by atoms with Crippen LogP contribution in [0.15, 0.2) is 12.7 Å². The fourth-order valence-corrected chi connectivity index (χ4v) is 7.65. The van der Waals surface area contributed by atoms with E-state index in [9.17, 15) is 57.9 Å². The molecule has 0 saturated carbocycles. The van der Waals surface area contributed by atoms with Crippen LogP contribution >= 0.6 is 35.2 Å². The molecular formula is C25H44N7O18P3S. The molecule has 0 radical (unpaired) electrons. The molecule has 0 aromatic carbocycles. The number of hydrogen-bond acceptors (Lipinski definition) is 19. The normalized spacial score (nSPS) is 21.7. The lowest BCUT2D eigenvalue weighted by molar-refractivity contribution is -0.137. The number of thioether (sulfide) groups is 1. The first-order valence-electron chi connectivity index (χ1n) is 15.6. The summed E-state index contributed by atoms with van der Waals surface area (Å²) in [7, 11) is -16.4. The second kappa shape index (κ2) is 20.6. The Kier molecular flexibility index (Phi) is 18.2. The SMILES string of the molecule is CC(=O)SCCNC(=O)CCNC(=O)C(O)C(C)(C)COP(=O)(O)OP(=O)(O)OC[C@H]1O[C@@H](n2cnc3c(N)ncnc32)[C@H](O)[C@@H]1OP(=O)(O)O.CCO. The van der Waals surface area contributed by atoms with E-state index < -0.39 is 84.6 Å². The number of amides is 2.